The zero-order valence-corrected chi connectivity index (χ0v) is 9.67. The van der Waals surface area contributed by atoms with E-state index in [0.29, 0.717) is 6.10 Å². The largest absolute Gasteiger partial charge is 0.376 e. The Morgan fingerprint density at radius 2 is 2.53 bits per heavy atom. The van der Waals surface area contributed by atoms with Gasteiger partial charge in [-0.15, -0.1) is 0 Å². The van der Waals surface area contributed by atoms with Gasteiger partial charge in [0.15, 0.2) is 0 Å². The normalized spacial score (nSPS) is 28.9. The summed E-state index contributed by atoms with van der Waals surface area (Å²) in [6.07, 6.45) is 5.19. The van der Waals surface area contributed by atoms with E-state index < -0.39 is 0 Å². The molecule has 1 fully saturated rings. The molecule has 0 bridgehead atoms. The topological polar surface area (TPSA) is 24.5 Å². The highest BCUT2D eigenvalue weighted by Gasteiger charge is 2.15. The van der Waals surface area contributed by atoms with Crippen LogP contribution in [-0.2, 0) is 4.74 Å². The molecule has 1 saturated heterocycles. The van der Waals surface area contributed by atoms with Gasteiger partial charge >= 0.3 is 0 Å². The minimum Gasteiger partial charge on any atom is -0.376 e. The molecule has 3 heteroatoms. The van der Waals surface area contributed by atoms with Gasteiger partial charge in [0.25, 0.3) is 0 Å². The first-order valence-electron chi connectivity index (χ1n) is 6.05. The molecule has 0 aromatic rings. The molecule has 0 saturated carbocycles. The molecule has 2 heterocycles. The van der Waals surface area contributed by atoms with Crippen LogP contribution >= 0.6 is 0 Å². The maximum atomic E-state index is 5.69. The van der Waals surface area contributed by atoms with Crippen molar-refractivity contribution in [3.05, 3.63) is 11.6 Å². The Hall–Kier alpha value is -0.380. The van der Waals surface area contributed by atoms with Crippen LogP contribution in [0.1, 0.15) is 19.8 Å². The summed E-state index contributed by atoms with van der Waals surface area (Å²) in [4.78, 5) is 2.52. The van der Waals surface area contributed by atoms with Crippen LogP contribution in [-0.4, -0.2) is 50.3 Å². The van der Waals surface area contributed by atoms with E-state index in [0.717, 1.165) is 26.2 Å². The Morgan fingerprint density at radius 3 is 3.20 bits per heavy atom. The van der Waals surface area contributed by atoms with Crippen LogP contribution in [0.2, 0.25) is 0 Å². The first-order valence-corrected chi connectivity index (χ1v) is 6.05. The number of ether oxygens (including phenoxy) is 1. The smallest absolute Gasteiger partial charge is 0.0712 e. The lowest BCUT2D eigenvalue weighted by molar-refractivity contribution is 0.0178. The van der Waals surface area contributed by atoms with Crippen molar-refractivity contribution in [1.29, 1.82) is 0 Å². The van der Waals surface area contributed by atoms with Crippen molar-refractivity contribution in [3.8, 4) is 0 Å². The quantitative estimate of drug-likeness (QED) is 0.704. The standard InChI is InChI=1S/C12H22N2O/c1-11-2-6-14(7-3-11)8-4-12-10-13-5-9-15-12/h2,12-13H,3-10H2,1H3. The molecule has 3 nitrogen and oxygen atoms in total. The molecular formula is C12H22N2O. The van der Waals surface area contributed by atoms with E-state index in [4.69, 9.17) is 4.74 Å². The molecular weight excluding hydrogens is 188 g/mol. The number of hydrogen-bond donors (Lipinski definition) is 1. The molecule has 1 atom stereocenters. The molecule has 86 valence electrons. The number of nitrogens with one attached hydrogen (secondary N) is 1. The predicted octanol–water partition coefficient (Wildman–Crippen LogP) is 1.02. The highest BCUT2D eigenvalue weighted by molar-refractivity contribution is 5.03. The maximum Gasteiger partial charge on any atom is 0.0712 e. The summed E-state index contributed by atoms with van der Waals surface area (Å²) in [6, 6.07) is 0. The summed E-state index contributed by atoms with van der Waals surface area (Å²) >= 11 is 0. The summed E-state index contributed by atoms with van der Waals surface area (Å²) in [5.74, 6) is 0. The van der Waals surface area contributed by atoms with E-state index in [1.165, 1.54) is 25.9 Å². The molecule has 0 radical (unpaired) electrons. The lowest BCUT2D eigenvalue weighted by Gasteiger charge is -2.29. The van der Waals surface area contributed by atoms with Crippen LogP contribution in [0.4, 0.5) is 0 Å². The second kappa shape index (κ2) is 5.64. The highest BCUT2D eigenvalue weighted by Crippen LogP contribution is 2.11. The summed E-state index contributed by atoms with van der Waals surface area (Å²) in [6.45, 7) is 8.69. The zero-order valence-electron chi connectivity index (χ0n) is 9.67. The van der Waals surface area contributed by atoms with Crippen molar-refractivity contribution >= 4 is 0 Å². The van der Waals surface area contributed by atoms with E-state index in [-0.39, 0.29) is 0 Å². The van der Waals surface area contributed by atoms with Crippen LogP contribution in [0.25, 0.3) is 0 Å². The van der Waals surface area contributed by atoms with Crippen LogP contribution in [0.5, 0.6) is 0 Å². The number of morpholine rings is 1. The van der Waals surface area contributed by atoms with Crippen molar-refractivity contribution in [2.75, 3.05) is 39.3 Å². The molecule has 2 aliphatic rings. The molecule has 0 spiro atoms. The third-order valence-corrected chi connectivity index (χ3v) is 3.29. The molecule has 1 N–H and O–H groups in total. The minimum atomic E-state index is 0.436. The maximum absolute atomic E-state index is 5.69. The van der Waals surface area contributed by atoms with Gasteiger partial charge in [-0.1, -0.05) is 11.6 Å². The zero-order chi connectivity index (χ0) is 10.5. The molecule has 15 heavy (non-hydrogen) atoms. The predicted molar refractivity (Wildman–Crippen MR) is 62.0 cm³/mol. The van der Waals surface area contributed by atoms with Gasteiger partial charge in [0.05, 0.1) is 12.7 Å². The monoisotopic (exact) mass is 210 g/mol. The fourth-order valence-electron chi connectivity index (χ4n) is 2.15. The second-order valence-corrected chi connectivity index (χ2v) is 4.59. The van der Waals surface area contributed by atoms with E-state index in [1.807, 2.05) is 0 Å². The summed E-state index contributed by atoms with van der Waals surface area (Å²) in [5, 5.41) is 3.37. The Labute approximate surface area is 92.5 Å². The first-order chi connectivity index (χ1) is 7.34. The van der Waals surface area contributed by atoms with Crippen molar-refractivity contribution in [2.24, 2.45) is 0 Å². The van der Waals surface area contributed by atoms with Crippen molar-refractivity contribution in [2.45, 2.75) is 25.9 Å². The Kier molecular flexibility index (Phi) is 4.18. The second-order valence-electron chi connectivity index (χ2n) is 4.59. The number of hydrogen-bond acceptors (Lipinski definition) is 3. The van der Waals surface area contributed by atoms with Crippen molar-refractivity contribution < 1.29 is 4.74 Å². The first kappa shape index (κ1) is 11.1. The van der Waals surface area contributed by atoms with Crippen LogP contribution in [0, 0.1) is 0 Å². The fraction of sp³-hybridized carbons (Fsp3) is 0.833. The van der Waals surface area contributed by atoms with Gasteiger partial charge in [-0.2, -0.15) is 0 Å². The Bertz CT molecular complexity index is 222. The van der Waals surface area contributed by atoms with Crippen molar-refractivity contribution in [1.82, 2.24) is 10.2 Å². The van der Waals surface area contributed by atoms with Crippen LogP contribution < -0.4 is 5.32 Å². The van der Waals surface area contributed by atoms with Gasteiger partial charge < -0.3 is 10.1 Å². The van der Waals surface area contributed by atoms with Gasteiger partial charge in [0.1, 0.15) is 0 Å². The molecule has 0 aliphatic carbocycles. The molecule has 2 rings (SSSR count). The number of nitrogens with zero attached hydrogens (tertiary/aromatic N) is 1. The average Bonchev–Trinajstić information content (AvgIpc) is 2.30. The van der Waals surface area contributed by atoms with Crippen LogP contribution in [0.3, 0.4) is 0 Å². The number of rotatable bonds is 3. The van der Waals surface area contributed by atoms with Gasteiger partial charge in [-0.05, 0) is 19.8 Å². The minimum absolute atomic E-state index is 0.436. The SMILES string of the molecule is CC1=CCN(CCC2CNCCO2)CC1. The van der Waals surface area contributed by atoms with Gasteiger partial charge in [0.2, 0.25) is 0 Å². The third-order valence-electron chi connectivity index (χ3n) is 3.29. The Morgan fingerprint density at radius 1 is 1.60 bits per heavy atom. The van der Waals surface area contributed by atoms with Gasteiger partial charge in [0, 0.05) is 32.7 Å². The molecule has 0 amide bonds. The summed E-state index contributed by atoms with van der Waals surface area (Å²) in [5.41, 5.74) is 1.54. The van der Waals surface area contributed by atoms with Gasteiger partial charge in [-0.25, -0.2) is 0 Å². The third kappa shape index (κ3) is 3.59. The molecule has 1 unspecified atom stereocenters. The fourth-order valence-corrected chi connectivity index (χ4v) is 2.15. The lowest BCUT2D eigenvalue weighted by Crippen LogP contribution is -2.41. The molecule has 0 aromatic heterocycles. The van der Waals surface area contributed by atoms with E-state index >= 15 is 0 Å². The van der Waals surface area contributed by atoms with Crippen molar-refractivity contribution in [3.63, 3.8) is 0 Å². The Balaban J connectivity index is 1.65. The summed E-state index contributed by atoms with van der Waals surface area (Å²) < 4.78 is 5.69. The lowest BCUT2D eigenvalue weighted by atomic mass is 10.1. The molecule has 0 aromatic carbocycles. The van der Waals surface area contributed by atoms with E-state index in [9.17, 15) is 0 Å². The summed E-state index contributed by atoms with van der Waals surface area (Å²) in [7, 11) is 0. The van der Waals surface area contributed by atoms with Crippen LogP contribution in [0.15, 0.2) is 11.6 Å². The van der Waals surface area contributed by atoms with E-state index in [2.05, 4.69) is 23.2 Å². The van der Waals surface area contributed by atoms with Gasteiger partial charge in [-0.3, -0.25) is 4.90 Å². The van der Waals surface area contributed by atoms with E-state index in [1.54, 1.807) is 5.57 Å². The highest BCUT2D eigenvalue weighted by atomic mass is 16.5. The molecule has 2 aliphatic heterocycles. The average molecular weight is 210 g/mol.